The molecule has 0 spiro atoms. The summed E-state index contributed by atoms with van der Waals surface area (Å²) in [5, 5.41) is 11.9. The molecule has 4 heteroatoms. The quantitative estimate of drug-likeness (QED) is 0.905. The zero-order valence-electron chi connectivity index (χ0n) is 9.68. The van der Waals surface area contributed by atoms with Crippen LogP contribution in [-0.2, 0) is 4.79 Å². The largest absolute Gasteiger partial charge is 0.481 e. The summed E-state index contributed by atoms with van der Waals surface area (Å²) in [4.78, 5) is 15.2. The van der Waals surface area contributed by atoms with Crippen LogP contribution in [0.15, 0.2) is 29.6 Å². The summed E-state index contributed by atoms with van der Waals surface area (Å²) >= 11 is 1.61. The van der Waals surface area contributed by atoms with E-state index in [1.807, 2.05) is 36.6 Å². The second-order valence-corrected chi connectivity index (χ2v) is 5.00. The molecule has 1 unspecified atom stereocenters. The molecular formula is C13H13NO2S. The maximum Gasteiger partial charge on any atom is 0.310 e. The fourth-order valence-corrected chi connectivity index (χ4v) is 2.20. The molecule has 1 atom stereocenters. The number of aliphatic carboxylic acids is 1. The highest BCUT2D eigenvalue weighted by Gasteiger charge is 2.13. The molecule has 1 aromatic heterocycles. The molecule has 2 rings (SSSR count). The Bertz CT molecular complexity index is 531. The van der Waals surface area contributed by atoms with E-state index in [4.69, 9.17) is 5.11 Å². The second-order valence-electron chi connectivity index (χ2n) is 3.93. The Morgan fingerprint density at radius 3 is 2.47 bits per heavy atom. The molecule has 0 aliphatic carbocycles. The Morgan fingerprint density at radius 2 is 2.00 bits per heavy atom. The van der Waals surface area contributed by atoms with Crippen molar-refractivity contribution in [3.05, 3.63) is 40.2 Å². The van der Waals surface area contributed by atoms with Gasteiger partial charge in [0.25, 0.3) is 0 Å². The molecule has 0 bridgehead atoms. The summed E-state index contributed by atoms with van der Waals surface area (Å²) in [6.45, 7) is 3.65. The number of carbonyl (C=O) groups is 1. The summed E-state index contributed by atoms with van der Waals surface area (Å²) in [5.41, 5.74) is 2.78. The van der Waals surface area contributed by atoms with Crippen LogP contribution >= 0.6 is 11.3 Å². The number of aromatic nitrogens is 1. The predicted molar refractivity (Wildman–Crippen MR) is 68.3 cm³/mol. The first-order valence-electron chi connectivity index (χ1n) is 5.33. The Kier molecular flexibility index (Phi) is 3.24. The Morgan fingerprint density at radius 1 is 1.35 bits per heavy atom. The van der Waals surface area contributed by atoms with Crippen molar-refractivity contribution in [2.45, 2.75) is 19.8 Å². The van der Waals surface area contributed by atoms with E-state index in [2.05, 4.69) is 4.98 Å². The topological polar surface area (TPSA) is 50.2 Å². The molecule has 3 nitrogen and oxygen atoms in total. The molecule has 2 aromatic rings. The minimum atomic E-state index is -0.803. The van der Waals surface area contributed by atoms with Crippen LogP contribution in [0.5, 0.6) is 0 Å². The molecule has 88 valence electrons. The molecule has 0 aliphatic rings. The van der Waals surface area contributed by atoms with E-state index in [0.29, 0.717) is 0 Å². The van der Waals surface area contributed by atoms with Crippen LogP contribution in [0, 0.1) is 6.92 Å². The predicted octanol–water partition coefficient (Wildman–Crippen LogP) is 3.31. The van der Waals surface area contributed by atoms with Gasteiger partial charge in [0.1, 0.15) is 0 Å². The first kappa shape index (κ1) is 11.8. The Balaban J connectivity index is 2.27. The summed E-state index contributed by atoms with van der Waals surface area (Å²) < 4.78 is 0. The third kappa shape index (κ3) is 2.53. The molecule has 0 saturated heterocycles. The lowest BCUT2D eigenvalue weighted by Gasteiger charge is -2.06. The zero-order chi connectivity index (χ0) is 12.4. The van der Waals surface area contributed by atoms with E-state index in [1.165, 1.54) is 0 Å². The lowest BCUT2D eigenvalue weighted by Crippen LogP contribution is -2.06. The number of nitrogens with zero attached hydrogens (tertiary/aromatic N) is 1. The zero-order valence-corrected chi connectivity index (χ0v) is 10.5. The van der Waals surface area contributed by atoms with Gasteiger partial charge in [-0.1, -0.05) is 24.3 Å². The second kappa shape index (κ2) is 4.67. The number of hydrogen-bond acceptors (Lipinski definition) is 3. The van der Waals surface area contributed by atoms with Gasteiger partial charge in [0, 0.05) is 10.9 Å². The van der Waals surface area contributed by atoms with E-state index < -0.39 is 11.9 Å². The van der Waals surface area contributed by atoms with Gasteiger partial charge in [-0.15, -0.1) is 11.3 Å². The molecule has 1 aromatic carbocycles. The monoisotopic (exact) mass is 247 g/mol. The van der Waals surface area contributed by atoms with Crippen LogP contribution in [0.2, 0.25) is 0 Å². The number of aryl methyl sites for hydroxylation is 1. The molecular weight excluding hydrogens is 234 g/mol. The van der Waals surface area contributed by atoms with Crippen LogP contribution in [-0.4, -0.2) is 16.1 Å². The van der Waals surface area contributed by atoms with E-state index in [9.17, 15) is 4.79 Å². The van der Waals surface area contributed by atoms with Gasteiger partial charge in [-0.2, -0.15) is 0 Å². The van der Waals surface area contributed by atoms with Crippen LogP contribution in [0.4, 0.5) is 0 Å². The number of rotatable bonds is 3. The average molecular weight is 247 g/mol. The Labute approximate surface area is 104 Å². The average Bonchev–Trinajstić information content (AvgIpc) is 2.75. The maximum atomic E-state index is 10.8. The molecule has 17 heavy (non-hydrogen) atoms. The molecule has 0 radical (unpaired) electrons. The van der Waals surface area contributed by atoms with Gasteiger partial charge >= 0.3 is 5.97 Å². The van der Waals surface area contributed by atoms with Gasteiger partial charge in [0.15, 0.2) is 0 Å². The van der Waals surface area contributed by atoms with E-state index in [0.717, 1.165) is 21.8 Å². The van der Waals surface area contributed by atoms with Gasteiger partial charge in [-0.25, -0.2) is 4.98 Å². The van der Waals surface area contributed by atoms with Crippen LogP contribution < -0.4 is 0 Å². The lowest BCUT2D eigenvalue weighted by atomic mass is 9.99. The SMILES string of the molecule is Cc1nc(-c2ccc(C(C)C(=O)O)cc2)cs1. The highest BCUT2D eigenvalue weighted by Crippen LogP contribution is 2.24. The van der Waals surface area contributed by atoms with Crippen molar-refractivity contribution in [2.24, 2.45) is 0 Å². The number of hydrogen-bond donors (Lipinski definition) is 1. The molecule has 1 N–H and O–H groups in total. The van der Waals surface area contributed by atoms with Gasteiger partial charge in [-0.3, -0.25) is 4.79 Å². The summed E-state index contributed by atoms with van der Waals surface area (Å²) in [6.07, 6.45) is 0. The number of carboxylic acid groups (broad SMARTS) is 1. The fourth-order valence-electron chi connectivity index (χ4n) is 1.58. The molecule has 1 heterocycles. The van der Waals surface area contributed by atoms with Gasteiger partial charge < -0.3 is 5.11 Å². The van der Waals surface area contributed by atoms with Gasteiger partial charge in [0.2, 0.25) is 0 Å². The fraction of sp³-hybridized carbons (Fsp3) is 0.231. The maximum absolute atomic E-state index is 10.8. The van der Waals surface area contributed by atoms with Gasteiger partial charge in [-0.05, 0) is 19.4 Å². The highest BCUT2D eigenvalue weighted by atomic mass is 32.1. The van der Waals surface area contributed by atoms with Crippen molar-refractivity contribution >= 4 is 17.3 Å². The standard InChI is InChI=1S/C13H13NO2S/c1-8(13(15)16)10-3-5-11(6-4-10)12-7-17-9(2)14-12/h3-8H,1-2H3,(H,15,16). The molecule has 0 saturated carbocycles. The van der Waals surface area contributed by atoms with Crippen molar-refractivity contribution in [1.82, 2.24) is 4.98 Å². The van der Waals surface area contributed by atoms with Crippen LogP contribution in [0.3, 0.4) is 0 Å². The van der Waals surface area contributed by atoms with Crippen LogP contribution in [0.25, 0.3) is 11.3 Å². The summed E-state index contributed by atoms with van der Waals surface area (Å²) in [6, 6.07) is 7.54. The Hall–Kier alpha value is -1.68. The highest BCUT2D eigenvalue weighted by molar-refractivity contribution is 7.09. The normalized spacial score (nSPS) is 12.4. The van der Waals surface area contributed by atoms with Crippen molar-refractivity contribution in [1.29, 1.82) is 0 Å². The molecule has 0 fully saturated rings. The number of carboxylic acids is 1. The van der Waals surface area contributed by atoms with E-state index >= 15 is 0 Å². The third-order valence-corrected chi connectivity index (χ3v) is 3.47. The summed E-state index contributed by atoms with van der Waals surface area (Å²) in [7, 11) is 0. The van der Waals surface area contributed by atoms with Gasteiger partial charge in [0.05, 0.1) is 16.6 Å². The first-order chi connectivity index (χ1) is 8.08. The smallest absolute Gasteiger partial charge is 0.310 e. The minimum absolute atomic E-state index is 0.471. The lowest BCUT2D eigenvalue weighted by molar-refractivity contribution is -0.138. The molecule has 0 amide bonds. The summed E-state index contributed by atoms with van der Waals surface area (Å²) in [5.74, 6) is -1.27. The van der Waals surface area contributed by atoms with E-state index in [1.54, 1.807) is 18.3 Å². The third-order valence-electron chi connectivity index (χ3n) is 2.70. The minimum Gasteiger partial charge on any atom is -0.481 e. The number of thiazole rings is 1. The van der Waals surface area contributed by atoms with E-state index in [-0.39, 0.29) is 0 Å². The number of benzene rings is 1. The van der Waals surface area contributed by atoms with Crippen LogP contribution in [0.1, 0.15) is 23.4 Å². The van der Waals surface area contributed by atoms with Crippen molar-refractivity contribution in [3.8, 4) is 11.3 Å². The first-order valence-corrected chi connectivity index (χ1v) is 6.21. The van der Waals surface area contributed by atoms with Crippen molar-refractivity contribution in [2.75, 3.05) is 0 Å². The van der Waals surface area contributed by atoms with Crippen molar-refractivity contribution < 1.29 is 9.90 Å². The molecule has 0 aliphatic heterocycles. The van der Waals surface area contributed by atoms with Crippen molar-refractivity contribution in [3.63, 3.8) is 0 Å².